The van der Waals surface area contributed by atoms with Gasteiger partial charge in [0.05, 0.1) is 11.3 Å². The Morgan fingerprint density at radius 3 is 2.65 bits per heavy atom. The molecule has 100 valence electrons. The summed E-state index contributed by atoms with van der Waals surface area (Å²) in [5.41, 5.74) is 12.2. The highest BCUT2D eigenvalue weighted by Gasteiger charge is 2.14. The molecule has 0 atom stereocenters. The number of aryl methyl sites for hydroxylation is 2. The molecule has 0 saturated heterocycles. The average Bonchev–Trinajstić information content (AvgIpc) is 2.80. The second-order valence-electron chi connectivity index (χ2n) is 4.91. The van der Waals surface area contributed by atoms with Gasteiger partial charge in [0.25, 0.3) is 0 Å². The van der Waals surface area contributed by atoms with Crippen LogP contribution in [-0.2, 0) is 0 Å². The van der Waals surface area contributed by atoms with Crippen LogP contribution in [0.15, 0.2) is 42.6 Å². The molecule has 0 radical (unpaired) electrons. The first kappa shape index (κ1) is 12.4. The number of hydrogen-bond donors (Lipinski definition) is 2. The van der Waals surface area contributed by atoms with Crippen molar-refractivity contribution in [3.8, 4) is 22.4 Å². The molecule has 0 aliphatic heterocycles. The Kier molecular flexibility index (Phi) is 2.99. The van der Waals surface area contributed by atoms with Crippen molar-refractivity contribution in [3.05, 3.63) is 53.9 Å². The van der Waals surface area contributed by atoms with Gasteiger partial charge >= 0.3 is 0 Å². The van der Waals surface area contributed by atoms with Crippen LogP contribution in [0.25, 0.3) is 22.4 Å². The minimum Gasteiger partial charge on any atom is -0.382 e. The number of H-pyrrole nitrogens is 1. The van der Waals surface area contributed by atoms with E-state index in [4.69, 9.17) is 5.73 Å². The van der Waals surface area contributed by atoms with Crippen molar-refractivity contribution in [2.24, 2.45) is 0 Å². The molecule has 0 amide bonds. The molecule has 2 heterocycles. The smallest absolute Gasteiger partial charge is 0.153 e. The lowest BCUT2D eigenvalue weighted by Crippen LogP contribution is -1.90. The lowest BCUT2D eigenvalue weighted by molar-refractivity contribution is 1.10. The minimum atomic E-state index is 0.514. The van der Waals surface area contributed by atoms with E-state index in [-0.39, 0.29) is 0 Å². The summed E-state index contributed by atoms with van der Waals surface area (Å²) in [4.78, 5) is 4.22. The zero-order valence-electron chi connectivity index (χ0n) is 11.5. The van der Waals surface area contributed by atoms with E-state index in [0.29, 0.717) is 5.82 Å². The predicted octanol–water partition coefficient (Wildman–Crippen LogP) is 3.34. The van der Waals surface area contributed by atoms with Crippen LogP contribution in [0, 0.1) is 13.8 Å². The largest absolute Gasteiger partial charge is 0.382 e. The van der Waals surface area contributed by atoms with Crippen molar-refractivity contribution < 1.29 is 0 Å². The lowest BCUT2D eigenvalue weighted by atomic mass is 10.00. The van der Waals surface area contributed by atoms with Crippen molar-refractivity contribution in [2.75, 3.05) is 5.73 Å². The Morgan fingerprint density at radius 2 is 1.90 bits per heavy atom. The van der Waals surface area contributed by atoms with Crippen LogP contribution in [0.1, 0.15) is 11.3 Å². The summed E-state index contributed by atoms with van der Waals surface area (Å²) in [6.07, 6.45) is 1.79. The van der Waals surface area contributed by atoms with Crippen LogP contribution >= 0.6 is 0 Å². The number of aromatic nitrogens is 3. The van der Waals surface area contributed by atoms with Gasteiger partial charge in [-0.15, -0.1) is 0 Å². The van der Waals surface area contributed by atoms with Gasteiger partial charge in [0, 0.05) is 17.5 Å². The fraction of sp³-hybridized carbons (Fsp3) is 0.125. The Bertz CT molecular complexity index is 759. The molecule has 0 unspecified atom stereocenters. The first-order valence-corrected chi connectivity index (χ1v) is 6.49. The predicted molar refractivity (Wildman–Crippen MR) is 81.1 cm³/mol. The normalized spacial score (nSPS) is 10.7. The quantitative estimate of drug-likeness (QED) is 0.746. The summed E-state index contributed by atoms with van der Waals surface area (Å²) in [7, 11) is 0. The molecular formula is C16H16N4. The Balaban J connectivity index is 2.20. The molecule has 2 aromatic heterocycles. The number of aromatic amines is 1. The fourth-order valence-electron chi connectivity index (χ4n) is 2.36. The second-order valence-corrected chi connectivity index (χ2v) is 4.91. The van der Waals surface area contributed by atoms with Gasteiger partial charge < -0.3 is 5.73 Å². The maximum Gasteiger partial charge on any atom is 0.153 e. The first-order chi connectivity index (χ1) is 9.65. The summed E-state index contributed by atoms with van der Waals surface area (Å²) in [6.45, 7) is 4.03. The van der Waals surface area contributed by atoms with Crippen molar-refractivity contribution in [3.63, 3.8) is 0 Å². The molecule has 4 nitrogen and oxygen atoms in total. The molecule has 0 aliphatic rings. The van der Waals surface area contributed by atoms with Gasteiger partial charge in [-0.25, -0.2) is 0 Å². The molecule has 0 bridgehead atoms. The number of hydrogen-bond acceptors (Lipinski definition) is 3. The number of nitrogens with two attached hydrogens (primary N) is 1. The molecule has 0 saturated carbocycles. The molecule has 3 N–H and O–H groups in total. The van der Waals surface area contributed by atoms with Crippen LogP contribution in [0.4, 0.5) is 5.82 Å². The SMILES string of the molecule is Cc1cccc(-c2c(N)n[nH]c2-c2ccnc(C)c2)c1. The van der Waals surface area contributed by atoms with Crippen LogP contribution in [-0.4, -0.2) is 15.2 Å². The third-order valence-corrected chi connectivity index (χ3v) is 3.29. The molecule has 0 spiro atoms. The summed E-state index contributed by atoms with van der Waals surface area (Å²) in [6, 6.07) is 12.2. The molecule has 3 aromatic rings. The highest BCUT2D eigenvalue weighted by Crippen LogP contribution is 2.34. The molecule has 1 aromatic carbocycles. The van der Waals surface area contributed by atoms with E-state index in [1.165, 1.54) is 5.56 Å². The highest BCUT2D eigenvalue weighted by atomic mass is 15.2. The molecule has 3 rings (SSSR count). The van der Waals surface area contributed by atoms with Gasteiger partial charge in [-0.05, 0) is 31.5 Å². The fourth-order valence-corrected chi connectivity index (χ4v) is 2.36. The Hall–Kier alpha value is -2.62. The van der Waals surface area contributed by atoms with Gasteiger partial charge in [-0.2, -0.15) is 5.10 Å². The number of nitrogens with zero attached hydrogens (tertiary/aromatic N) is 2. The summed E-state index contributed by atoms with van der Waals surface area (Å²) in [5.74, 6) is 0.514. The maximum atomic E-state index is 6.04. The zero-order valence-corrected chi connectivity index (χ0v) is 11.5. The maximum absolute atomic E-state index is 6.04. The van der Waals surface area contributed by atoms with Crippen molar-refractivity contribution >= 4 is 5.82 Å². The molecule has 20 heavy (non-hydrogen) atoms. The third kappa shape index (κ3) is 2.16. The minimum absolute atomic E-state index is 0.514. The molecule has 0 fully saturated rings. The van der Waals surface area contributed by atoms with E-state index < -0.39 is 0 Å². The third-order valence-electron chi connectivity index (χ3n) is 3.29. The van der Waals surface area contributed by atoms with E-state index in [2.05, 4.69) is 34.2 Å². The van der Waals surface area contributed by atoms with E-state index in [1.807, 2.05) is 31.2 Å². The zero-order chi connectivity index (χ0) is 14.1. The van der Waals surface area contributed by atoms with Crippen molar-refractivity contribution in [1.82, 2.24) is 15.2 Å². The van der Waals surface area contributed by atoms with E-state index >= 15 is 0 Å². The van der Waals surface area contributed by atoms with Crippen molar-refractivity contribution in [2.45, 2.75) is 13.8 Å². The summed E-state index contributed by atoms with van der Waals surface area (Å²) >= 11 is 0. The monoisotopic (exact) mass is 264 g/mol. The number of anilines is 1. The van der Waals surface area contributed by atoms with Crippen LogP contribution in [0.3, 0.4) is 0 Å². The summed E-state index contributed by atoms with van der Waals surface area (Å²) < 4.78 is 0. The number of benzene rings is 1. The van der Waals surface area contributed by atoms with Crippen LogP contribution in [0.2, 0.25) is 0 Å². The van der Waals surface area contributed by atoms with Crippen molar-refractivity contribution in [1.29, 1.82) is 0 Å². The number of pyridine rings is 1. The lowest BCUT2D eigenvalue weighted by Gasteiger charge is -2.06. The number of nitrogens with one attached hydrogen (secondary N) is 1. The summed E-state index contributed by atoms with van der Waals surface area (Å²) in [5, 5.41) is 7.19. The van der Waals surface area contributed by atoms with Gasteiger partial charge in [0.15, 0.2) is 5.82 Å². The topological polar surface area (TPSA) is 67.6 Å². The second kappa shape index (κ2) is 4.81. The van der Waals surface area contributed by atoms with Gasteiger partial charge in [-0.1, -0.05) is 29.8 Å². The Labute approximate surface area is 117 Å². The highest BCUT2D eigenvalue weighted by molar-refractivity contribution is 5.87. The average molecular weight is 264 g/mol. The van der Waals surface area contributed by atoms with E-state index in [1.54, 1.807) is 6.20 Å². The van der Waals surface area contributed by atoms with Gasteiger partial charge in [-0.3, -0.25) is 10.1 Å². The van der Waals surface area contributed by atoms with E-state index in [0.717, 1.165) is 28.1 Å². The molecule has 0 aliphatic carbocycles. The van der Waals surface area contributed by atoms with Gasteiger partial charge in [0.2, 0.25) is 0 Å². The molecule has 4 heteroatoms. The standard InChI is InChI=1S/C16H16N4/c1-10-4-3-5-12(8-10)14-15(19-20-16(14)17)13-6-7-18-11(2)9-13/h3-9H,1-2H3,(H3,17,19,20). The van der Waals surface area contributed by atoms with Gasteiger partial charge in [0.1, 0.15) is 0 Å². The van der Waals surface area contributed by atoms with Crippen LogP contribution < -0.4 is 5.73 Å². The Morgan fingerprint density at radius 1 is 1.05 bits per heavy atom. The first-order valence-electron chi connectivity index (χ1n) is 6.49. The van der Waals surface area contributed by atoms with E-state index in [9.17, 15) is 0 Å². The number of nitrogen functional groups attached to an aromatic ring is 1. The molecular weight excluding hydrogens is 248 g/mol. The number of rotatable bonds is 2. The van der Waals surface area contributed by atoms with Crippen LogP contribution in [0.5, 0.6) is 0 Å².